The quantitative estimate of drug-likeness (QED) is 0.844. The van der Waals surface area contributed by atoms with E-state index in [1.165, 1.54) is 28.1 Å². The summed E-state index contributed by atoms with van der Waals surface area (Å²) in [7, 11) is 0. The second kappa shape index (κ2) is 5.39. The molecule has 2 nitrogen and oxygen atoms in total. The van der Waals surface area contributed by atoms with Crippen molar-refractivity contribution in [3.63, 3.8) is 0 Å². The highest BCUT2D eigenvalue weighted by Crippen LogP contribution is 2.47. The first-order valence-electron chi connectivity index (χ1n) is 7.66. The number of hydrogen-bond donors (Lipinski definition) is 1. The molecule has 108 valence electrons. The minimum atomic E-state index is 0.620. The van der Waals surface area contributed by atoms with E-state index in [1.54, 1.807) is 0 Å². The van der Waals surface area contributed by atoms with Crippen LogP contribution >= 0.6 is 11.9 Å². The Morgan fingerprint density at radius 2 is 1.90 bits per heavy atom. The summed E-state index contributed by atoms with van der Waals surface area (Å²) >= 11 is 1.89. The molecule has 1 fully saturated rings. The lowest BCUT2D eigenvalue weighted by atomic mass is 9.91. The topological polar surface area (TPSA) is 15.3 Å². The van der Waals surface area contributed by atoms with E-state index in [4.69, 9.17) is 0 Å². The minimum Gasteiger partial charge on any atom is -0.316 e. The molecule has 2 heterocycles. The first-order chi connectivity index (χ1) is 10.3. The Labute approximate surface area is 130 Å². The maximum absolute atomic E-state index is 3.55. The zero-order valence-electron chi connectivity index (χ0n) is 12.3. The van der Waals surface area contributed by atoms with E-state index in [-0.39, 0.29) is 0 Å². The van der Waals surface area contributed by atoms with Gasteiger partial charge in [0.15, 0.2) is 0 Å². The van der Waals surface area contributed by atoms with E-state index in [0.29, 0.717) is 12.0 Å². The van der Waals surface area contributed by atoms with E-state index >= 15 is 0 Å². The fourth-order valence-electron chi connectivity index (χ4n) is 3.45. The van der Waals surface area contributed by atoms with Crippen LogP contribution in [0.25, 0.3) is 0 Å². The van der Waals surface area contributed by atoms with Gasteiger partial charge in [-0.1, -0.05) is 35.9 Å². The third-order valence-corrected chi connectivity index (χ3v) is 5.69. The molecule has 2 unspecified atom stereocenters. The molecule has 1 N–H and O–H groups in total. The van der Waals surface area contributed by atoms with Crippen molar-refractivity contribution in [3.05, 3.63) is 59.7 Å². The van der Waals surface area contributed by atoms with Crippen LogP contribution in [0.3, 0.4) is 0 Å². The zero-order valence-corrected chi connectivity index (χ0v) is 13.1. The maximum atomic E-state index is 3.55. The lowest BCUT2D eigenvalue weighted by molar-refractivity contribution is 0.427. The van der Waals surface area contributed by atoms with E-state index in [0.717, 1.165) is 13.1 Å². The van der Waals surface area contributed by atoms with Gasteiger partial charge in [0.2, 0.25) is 0 Å². The van der Waals surface area contributed by atoms with Crippen LogP contribution in [0, 0.1) is 6.92 Å². The van der Waals surface area contributed by atoms with E-state index in [2.05, 4.69) is 65.1 Å². The maximum Gasteiger partial charge on any atom is 0.0512 e. The van der Waals surface area contributed by atoms with Crippen molar-refractivity contribution in [2.45, 2.75) is 30.2 Å². The fraction of sp³-hybridized carbons (Fsp3) is 0.333. The number of benzene rings is 2. The van der Waals surface area contributed by atoms with Crippen LogP contribution in [0.15, 0.2) is 53.4 Å². The Hall–Kier alpha value is -1.45. The number of hydrogen-bond acceptors (Lipinski definition) is 3. The van der Waals surface area contributed by atoms with Gasteiger partial charge in [-0.3, -0.25) is 0 Å². The van der Waals surface area contributed by atoms with Crippen LogP contribution in [0.4, 0.5) is 5.69 Å². The van der Waals surface area contributed by atoms with E-state index in [9.17, 15) is 0 Å². The summed E-state index contributed by atoms with van der Waals surface area (Å²) in [5, 5.41) is 3.55. The number of aryl methyl sites for hydroxylation is 1. The van der Waals surface area contributed by atoms with Crippen molar-refractivity contribution >= 4 is 17.6 Å². The Morgan fingerprint density at radius 1 is 1.10 bits per heavy atom. The van der Waals surface area contributed by atoms with Crippen molar-refractivity contribution < 1.29 is 0 Å². The zero-order chi connectivity index (χ0) is 14.2. The Balaban J connectivity index is 1.68. The Kier molecular flexibility index (Phi) is 3.40. The molecule has 0 spiro atoms. The lowest BCUT2D eigenvalue weighted by Gasteiger charge is -2.32. The van der Waals surface area contributed by atoms with Gasteiger partial charge in [0.1, 0.15) is 0 Å². The number of fused-ring (bicyclic) bond motifs is 3. The monoisotopic (exact) mass is 296 g/mol. The van der Waals surface area contributed by atoms with Crippen LogP contribution in [0.1, 0.15) is 23.5 Å². The van der Waals surface area contributed by atoms with Gasteiger partial charge in [-0.25, -0.2) is 0 Å². The summed E-state index contributed by atoms with van der Waals surface area (Å²) in [5.74, 6) is 0.632. The summed E-state index contributed by atoms with van der Waals surface area (Å²) in [4.78, 5) is 1.33. The molecule has 1 saturated heterocycles. The summed E-state index contributed by atoms with van der Waals surface area (Å²) in [6.07, 6.45) is 1.22. The van der Waals surface area contributed by atoms with Crippen LogP contribution in [-0.4, -0.2) is 19.1 Å². The summed E-state index contributed by atoms with van der Waals surface area (Å²) in [5.41, 5.74) is 4.23. The highest BCUT2D eigenvalue weighted by Gasteiger charge is 2.40. The van der Waals surface area contributed by atoms with Crippen LogP contribution in [0.5, 0.6) is 0 Å². The third-order valence-electron chi connectivity index (χ3n) is 4.55. The number of rotatable bonds is 2. The smallest absolute Gasteiger partial charge is 0.0512 e. The summed E-state index contributed by atoms with van der Waals surface area (Å²) < 4.78 is 2.55. The average Bonchev–Trinajstić information content (AvgIpc) is 2.85. The number of para-hydroxylation sites is 1. The second-order valence-corrected chi connectivity index (χ2v) is 7.00. The molecule has 0 amide bonds. The lowest BCUT2D eigenvalue weighted by Crippen LogP contribution is -2.41. The van der Waals surface area contributed by atoms with Crippen molar-refractivity contribution in [2.24, 2.45) is 0 Å². The fourth-order valence-corrected chi connectivity index (χ4v) is 4.59. The summed E-state index contributed by atoms with van der Waals surface area (Å²) in [6, 6.07) is 18.4. The van der Waals surface area contributed by atoms with Crippen molar-refractivity contribution in [1.29, 1.82) is 0 Å². The molecular formula is C18H20N2S. The van der Waals surface area contributed by atoms with Gasteiger partial charge in [0.25, 0.3) is 0 Å². The summed E-state index contributed by atoms with van der Waals surface area (Å²) in [6.45, 7) is 4.37. The van der Waals surface area contributed by atoms with Gasteiger partial charge in [0, 0.05) is 17.4 Å². The minimum absolute atomic E-state index is 0.620. The average molecular weight is 296 g/mol. The van der Waals surface area contributed by atoms with Crippen LogP contribution < -0.4 is 9.62 Å². The standard InChI is InChI=1S/C18H20N2S/c1-13-6-8-14(9-7-13)21-20-17-5-3-2-4-15(17)16-12-19-11-10-18(16)20/h2-9,16,18-19H,10-12H2,1H3. The first-order valence-corrected chi connectivity index (χ1v) is 8.44. The molecule has 0 radical (unpaired) electrons. The Morgan fingerprint density at radius 3 is 2.76 bits per heavy atom. The van der Waals surface area contributed by atoms with Crippen molar-refractivity contribution in [1.82, 2.24) is 5.32 Å². The molecule has 3 heteroatoms. The largest absolute Gasteiger partial charge is 0.316 e. The van der Waals surface area contributed by atoms with Crippen molar-refractivity contribution in [3.8, 4) is 0 Å². The molecular weight excluding hydrogens is 276 g/mol. The molecule has 2 atom stereocenters. The Bertz CT molecular complexity index is 638. The first kappa shape index (κ1) is 13.2. The molecule has 2 aliphatic rings. The highest BCUT2D eigenvalue weighted by molar-refractivity contribution is 8.00. The number of nitrogens with one attached hydrogen (secondary N) is 1. The normalized spacial score (nSPS) is 23.8. The molecule has 2 aromatic carbocycles. The number of piperidine rings is 1. The molecule has 21 heavy (non-hydrogen) atoms. The second-order valence-electron chi connectivity index (χ2n) is 5.96. The highest BCUT2D eigenvalue weighted by atomic mass is 32.2. The van der Waals surface area contributed by atoms with E-state index in [1.807, 2.05) is 11.9 Å². The van der Waals surface area contributed by atoms with Crippen LogP contribution in [0.2, 0.25) is 0 Å². The molecule has 0 saturated carbocycles. The molecule has 2 aromatic rings. The van der Waals surface area contributed by atoms with Gasteiger partial charge in [0.05, 0.1) is 11.7 Å². The van der Waals surface area contributed by atoms with Gasteiger partial charge in [-0.15, -0.1) is 0 Å². The molecule has 0 bridgehead atoms. The number of nitrogens with zero attached hydrogens (tertiary/aromatic N) is 1. The van der Waals surface area contributed by atoms with Crippen molar-refractivity contribution in [2.75, 3.05) is 17.4 Å². The van der Waals surface area contributed by atoms with Gasteiger partial charge in [-0.05, 0) is 55.6 Å². The van der Waals surface area contributed by atoms with Gasteiger partial charge < -0.3 is 9.62 Å². The third kappa shape index (κ3) is 2.34. The predicted molar refractivity (Wildman–Crippen MR) is 90.0 cm³/mol. The van der Waals surface area contributed by atoms with Crippen LogP contribution in [-0.2, 0) is 0 Å². The predicted octanol–water partition coefficient (Wildman–Crippen LogP) is 3.97. The SMILES string of the molecule is Cc1ccc(SN2c3ccccc3C3CNCCC32)cc1. The molecule has 2 aliphatic heterocycles. The molecule has 0 aliphatic carbocycles. The molecule has 4 rings (SSSR count). The molecule has 0 aromatic heterocycles. The van der Waals surface area contributed by atoms with Gasteiger partial charge >= 0.3 is 0 Å². The number of anilines is 1. The van der Waals surface area contributed by atoms with E-state index < -0.39 is 0 Å². The van der Waals surface area contributed by atoms with Gasteiger partial charge in [-0.2, -0.15) is 0 Å².